The van der Waals surface area contributed by atoms with Crippen LogP contribution in [0.5, 0.6) is 0 Å². The average Bonchev–Trinajstić information content (AvgIpc) is 3.18. The maximum absolute atomic E-state index is 10.8. The van der Waals surface area contributed by atoms with Gasteiger partial charge in [0, 0.05) is 25.2 Å². The highest BCUT2D eigenvalue weighted by molar-refractivity contribution is 5.78. The molecule has 0 amide bonds. The second-order valence-electron chi connectivity index (χ2n) is 8.86. The molecule has 1 saturated heterocycles. The fourth-order valence-corrected chi connectivity index (χ4v) is 4.39. The third kappa shape index (κ3) is 6.32. The molecule has 1 aliphatic rings. The molecule has 33 heavy (non-hydrogen) atoms. The van der Waals surface area contributed by atoms with Gasteiger partial charge in [0.1, 0.15) is 17.6 Å². The quantitative estimate of drug-likeness (QED) is 0.300. The van der Waals surface area contributed by atoms with Crippen LogP contribution >= 0.6 is 0 Å². The Morgan fingerprint density at radius 2 is 1.79 bits per heavy atom. The Balaban J connectivity index is 1.54. The Kier molecular flexibility index (Phi) is 8.30. The van der Waals surface area contributed by atoms with Crippen molar-refractivity contribution in [1.82, 2.24) is 19.4 Å². The van der Waals surface area contributed by atoms with Gasteiger partial charge in [-0.05, 0) is 75.1 Å². The van der Waals surface area contributed by atoms with E-state index in [0.717, 1.165) is 79.4 Å². The molecule has 1 aliphatic heterocycles. The van der Waals surface area contributed by atoms with E-state index in [0.29, 0.717) is 6.42 Å². The van der Waals surface area contributed by atoms with E-state index < -0.39 is 0 Å². The Morgan fingerprint density at radius 3 is 2.55 bits per heavy atom. The number of benzene rings is 1. The van der Waals surface area contributed by atoms with Gasteiger partial charge < -0.3 is 20.3 Å². The molecule has 3 heterocycles. The van der Waals surface area contributed by atoms with Gasteiger partial charge in [-0.15, -0.1) is 0 Å². The summed E-state index contributed by atoms with van der Waals surface area (Å²) in [5.41, 5.74) is 3.78. The number of imidazole rings is 1. The van der Waals surface area contributed by atoms with Gasteiger partial charge in [0.05, 0.1) is 0 Å². The molecule has 0 bridgehead atoms. The number of fused-ring (bicyclic) bond motifs is 1. The third-order valence-corrected chi connectivity index (χ3v) is 6.26. The minimum absolute atomic E-state index is 0.438. The molecule has 4 rings (SSSR count). The van der Waals surface area contributed by atoms with Crippen molar-refractivity contribution in [2.45, 2.75) is 58.4 Å². The van der Waals surface area contributed by atoms with Crippen molar-refractivity contribution in [3.8, 4) is 0 Å². The van der Waals surface area contributed by atoms with E-state index in [9.17, 15) is 4.79 Å². The number of pyridine rings is 1. The number of rotatable bonds is 12. The van der Waals surface area contributed by atoms with E-state index in [-0.39, 0.29) is 0 Å². The lowest BCUT2D eigenvalue weighted by molar-refractivity contribution is -0.107. The normalized spacial score (nSPS) is 14.5. The summed E-state index contributed by atoms with van der Waals surface area (Å²) in [6, 6.07) is 12.0. The van der Waals surface area contributed by atoms with Gasteiger partial charge in [-0.1, -0.05) is 31.9 Å². The minimum atomic E-state index is 0.438. The summed E-state index contributed by atoms with van der Waals surface area (Å²) in [6.07, 6.45) is 8.71. The topological polar surface area (TPSA) is 75.1 Å². The smallest absolute Gasteiger partial charge is 0.209 e. The number of hydrogen-bond donors (Lipinski definition) is 2. The van der Waals surface area contributed by atoms with Crippen LogP contribution in [-0.2, 0) is 17.8 Å². The molecule has 0 spiro atoms. The van der Waals surface area contributed by atoms with Crippen LogP contribution in [0.25, 0.3) is 11.2 Å². The standard InChI is InChI=1S/C26H36N6O/c1-2-3-15-27-24-13-12-23-25(30-24)32(19-7-18-31-16-5-4-6-17-31)26(29-23)28-22-10-8-21(9-11-22)14-20-33/h8-13,20H,2-7,14-19H2,1H3,(H,27,30)(H,28,29). The van der Waals surface area contributed by atoms with Gasteiger partial charge >= 0.3 is 0 Å². The minimum Gasteiger partial charge on any atom is -0.370 e. The monoisotopic (exact) mass is 448 g/mol. The molecule has 7 heteroatoms. The number of unbranched alkanes of at least 4 members (excludes halogenated alkanes) is 1. The first-order valence-corrected chi connectivity index (χ1v) is 12.4. The Labute approximate surface area is 196 Å². The lowest BCUT2D eigenvalue weighted by Crippen LogP contribution is -2.31. The molecule has 1 aromatic carbocycles. The number of nitrogens with one attached hydrogen (secondary N) is 2. The average molecular weight is 449 g/mol. The molecule has 3 aromatic rings. The van der Waals surface area contributed by atoms with E-state index in [4.69, 9.17) is 9.97 Å². The summed E-state index contributed by atoms with van der Waals surface area (Å²) >= 11 is 0. The lowest BCUT2D eigenvalue weighted by atomic mass is 10.1. The summed E-state index contributed by atoms with van der Waals surface area (Å²) in [5, 5.41) is 6.92. The Bertz CT molecular complexity index is 1020. The van der Waals surface area contributed by atoms with Crippen LogP contribution in [0.4, 0.5) is 17.5 Å². The van der Waals surface area contributed by atoms with Crippen molar-refractivity contribution in [2.24, 2.45) is 0 Å². The van der Waals surface area contributed by atoms with Crippen LogP contribution in [-0.4, -0.2) is 51.9 Å². The maximum atomic E-state index is 10.8. The first-order chi connectivity index (χ1) is 16.3. The summed E-state index contributed by atoms with van der Waals surface area (Å²) in [5.74, 6) is 1.71. The number of carbonyl (C=O) groups is 1. The van der Waals surface area contributed by atoms with Crippen molar-refractivity contribution in [2.75, 3.05) is 36.8 Å². The molecule has 2 N–H and O–H groups in total. The molecule has 1 fully saturated rings. The number of carbonyl (C=O) groups excluding carboxylic acids is 1. The van der Waals surface area contributed by atoms with E-state index in [1.807, 2.05) is 30.3 Å². The van der Waals surface area contributed by atoms with Crippen molar-refractivity contribution < 1.29 is 4.79 Å². The number of aldehydes is 1. The van der Waals surface area contributed by atoms with Crippen molar-refractivity contribution in [3.05, 3.63) is 42.0 Å². The molecule has 0 aliphatic carbocycles. The number of aryl methyl sites for hydroxylation is 1. The first-order valence-electron chi connectivity index (χ1n) is 12.4. The SMILES string of the molecule is CCCCNc1ccc2nc(Nc3ccc(CC=O)cc3)n(CCCN3CCCCC3)c2n1. The van der Waals surface area contributed by atoms with E-state index in [1.165, 1.54) is 32.4 Å². The van der Waals surface area contributed by atoms with Crippen molar-refractivity contribution in [3.63, 3.8) is 0 Å². The second-order valence-corrected chi connectivity index (χ2v) is 8.86. The molecule has 0 unspecified atom stereocenters. The highest BCUT2D eigenvalue weighted by Gasteiger charge is 2.15. The van der Waals surface area contributed by atoms with E-state index >= 15 is 0 Å². The number of aromatic nitrogens is 3. The van der Waals surface area contributed by atoms with Crippen LogP contribution in [0.1, 0.15) is 51.0 Å². The summed E-state index contributed by atoms with van der Waals surface area (Å²) < 4.78 is 2.21. The Hall–Kier alpha value is -2.93. The number of hydrogen-bond acceptors (Lipinski definition) is 6. The van der Waals surface area contributed by atoms with Gasteiger partial charge in [0.25, 0.3) is 0 Å². The molecule has 7 nitrogen and oxygen atoms in total. The molecule has 0 radical (unpaired) electrons. The number of nitrogens with zero attached hydrogens (tertiary/aromatic N) is 4. The zero-order valence-electron chi connectivity index (χ0n) is 19.7. The Morgan fingerprint density at radius 1 is 0.970 bits per heavy atom. The molecular weight excluding hydrogens is 412 g/mol. The van der Waals surface area contributed by atoms with Gasteiger partial charge in [-0.25, -0.2) is 9.97 Å². The predicted molar refractivity (Wildman–Crippen MR) is 135 cm³/mol. The van der Waals surface area contributed by atoms with E-state index in [1.54, 1.807) is 0 Å². The largest absolute Gasteiger partial charge is 0.370 e. The number of likely N-dealkylation sites (tertiary alicyclic amines) is 1. The van der Waals surface area contributed by atoms with Crippen LogP contribution in [0.3, 0.4) is 0 Å². The summed E-state index contributed by atoms with van der Waals surface area (Å²) in [7, 11) is 0. The molecule has 0 saturated carbocycles. The zero-order valence-corrected chi connectivity index (χ0v) is 19.7. The van der Waals surface area contributed by atoms with Crippen LogP contribution < -0.4 is 10.6 Å². The second kappa shape index (κ2) is 11.8. The third-order valence-electron chi connectivity index (χ3n) is 6.26. The number of anilines is 3. The van der Waals surface area contributed by atoms with Crippen molar-refractivity contribution >= 4 is 34.9 Å². The van der Waals surface area contributed by atoms with E-state index in [2.05, 4.69) is 33.1 Å². The van der Waals surface area contributed by atoms with Gasteiger partial charge in [0.2, 0.25) is 5.95 Å². The molecule has 2 aromatic heterocycles. The summed E-state index contributed by atoms with van der Waals surface area (Å²) in [6.45, 7) is 7.52. The fraction of sp³-hybridized carbons (Fsp3) is 0.500. The van der Waals surface area contributed by atoms with Crippen LogP contribution in [0.15, 0.2) is 36.4 Å². The molecule has 0 atom stereocenters. The first kappa shape index (κ1) is 23.2. The maximum Gasteiger partial charge on any atom is 0.209 e. The predicted octanol–water partition coefficient (Wildman–Crippen LogP) is 5.00. The van der Waals surface area contributed by atoms with Crippen molar-refractivity contribution in [1.29, 1.82) is 0 Å². The lowest BCUT2D eigenvalue weighted by Gasteiger charge is -2.26. The van der Waals surface area contributed by atoms with Gasteiger partial charge in [0.15, 0.2) is 5.65 Å². The van der Waals surface area contributed by atoms with Crippen LogP contribution in [0, 0.1) is 0 Å². The van der Waals surface area contributed by atoms with Gasteiger partial charge in [-0.2, -0.15) is 0 Å². The molecular formula is C26H36N6O. The highest BCUT2D eigenvalue weighted by Crippen LogP contribution is 2.24. The highest BCUT2D eigenvalue weighted by atomic mass is 16.1. The van der Waals surface area contributed by atoms with Gasteiger partial charge in [-0.3, -0.25) is 4.57 Å². The fourth-order valence-electron chi connectivity index (χ4n) is 4.39. The van der Waals surface area contributed by atoms with Crippen LogP contribution in [0.2, 0.25) is 0 Å². The number of piperidine rings is 1. The summed E-state index contributed by atoms with van der Waals surface area (Å²) in [4.78, 5) is 23.1. The zero-order chi connectivity index (χ0) is 22.9. The molecule has 176 valence electrons.